The lowest BCUT2D eigenvalue weighted by molar-refractivity contribution is 0.112. The van der Waals surface area contributed by atoms with Gasteiger partial charge in [-0.05, 0) is 42.5 Å². The van der Waals surface area contributed by atoms with Crippen LogP contribution in [0.2, 0.25) is 5.02 Å². The largest absolute Gasteiger partial charge is 0.388 e. The average Bonchev–Trinajstić information content (AvgIpc) is 2.21. The second kappa shape index (κ2) is 5.53. The summed E-state index contributed by atoms with van der Waals surface area (Å²) in [5, 5.41) is 10.9. The zero-order chi connectivity index (χ0) is 11.4. The molecule has 0 spiro atoms. The Labute approximate surface area is 97.1 Å². The van der Waals surface area contributed by atoms with E-state index in [-0.39, 0.29) is 5.92 Å². The minimum atomic E-state index is -0.399. The van der Waals surface area contributed by atoms with Gasteiger partial charge in [0.2, 0.25) is 0 Å². The van der Waals surface area contributed by atoms with Crippen LogP contribution in [0, 0.1) is 12.8 Å². The fraction of sp³-hybridized carbons (Fsp3) is 0.538. The molecular formula is C13H19ClO. The Hall–Kier alpha value is -0.530. The molecule has 0 aliphatic rings. The molecule has 1 nitrogen and oxygen atoms in total. The Bertz CT molecular complexity index is 322. The molecule has 0 saturated heterocycles. The summed E-state index contributed by atoms with van der Waals surface area (Å²) >= 11 is 5.93. The van der Waals surface area contributed by atoms with E-state index in [0.29, 0.717) is 5.02 Å². The molecule has 2 heteroatoms. The summed E-state index contributed by atoms with van der Waals surface area (Å²) in [5.41, 5.74) is 2.07. The van der Waals surface area contributed by atoms with Gasteiger partial charge in [-0.15, -0.1) is 0 Å². The molecule has 1 aromatic rings. The Morgan fingerprint density at radius 2 is 2.07 bits per heavy atom. The first-order chi connectivity index (χ1) is 7.06. The fourth-order valence-electron chi connectivity index (χ4n) is 1.85. The molecule has 2 atom stereocenters. The third-order valence-corrected chi connectivity index (χ3v) is 3.08. The minimum absolute atomic E-state index is 0.284. The number of aliphatic hydroxyl groups is 1. The Morgan fingerprint density at radius 3 is 2.67 bits per heavy atom. The maximum atomic E-state index is 10.2. The molecule has 0 aliphatic carbocycles. The van der Waals surface area contributed by atoms with Crippen LogP contribution in [0.25, 0.3) is 0 Å². The zero-order valence-electron chi connectivity index (χ0n) is 9.63. The molecular weight excluding hydrogens is 208 g/mol. The molecule has 1 rings (SSSR count). The molecule has 1 N–H and O–H groups in total. The van der Waals surface area contributed by atoms with E-state index < -0.39 is 6.10 Å². The van der Waals surface area contributed by atoms with Crippen LogP contribution in [-0.4, -0.2) is 5.11 Å². The number of halogens is 1. The van der Waals surface area contributed by atoms with E-state index in [0.717, 1.165) is 24.0 Å². The van der Waals surface area contributed by atoms with Crippen LogP contribution >= 0.6 is 11.6 Å². The summed E-state index contributed by atoms with van der Waals surface area (Å²) in [7, 11) is 0. The summed E-state index contributed by atoms with van der Waals surface area (Å²) in [6.07, 6.45) is 1.73. The van der Waals surface area contributed by atoms with Crippen molar-refractivity contribution in [2.24, 2.45) is 5.92 Å². The first kappa shape index (κ1) is 12.5. The van der Waals surface area contributed by atoms with Gasteiger partial charge in [0, 0.05) is 5.02 Å². The predicted molar refractivity (Wildman–Crippen MR) is 65.2 cm³/mol. The smallest absolute Gasteiger partial charge is 0.0818 e. The minimum Gasteiger partial charge on any atom is -0.388 e. The van der Waals surface area contributed by atoms with Crippen molar-refractivity contribution in [1.29, 1.82) is 0 Å². The molecule has 0 radical (unpaired) electrons. The molecule has 0 fully saturated rings. The van der Waals surface area contributed by atoms with Crippen LogP contribution in [0.1, 0.15) is 43.9 Å². The molecule has 84 valence electrons. The third-order valence-electron chi connectivity index (χ3n) is 2.84. The maximum absolute atomic E-state index is 10.2. The highest BCUT2D eigenvalue weighted by molar-refractivity contribution is 6.30. The first-order valence-electron chi connectivity index (χ1n) is 5.50. The number of hydrogen-bond acceptors (Lipinski definition) is 1. The van der Waals surface area contributed by atoms with Crippen LogP contribution in [-0.2, 0) is 0 Å². The molecule has 0 bridgehead atoms. The molecule has 15 heavy (non-hydrogen) atoms. The lowest BCUT2D eigenvalue weighted by Gasteiger charge is -2.20. The van der Waals surface area contributed by atoms with Gasteiger partial charge in [0.15, 0.2) is 0 Å². The molecule has 2 unspecified atom stereocenters. The van der Waals surface area contributed by atoms with E-state index in [2.05, 4.69) is 13.8 Å². The van der Waals surface area contributed by atoms with Crippen molar-refractivity contribution in [3.8, 4) is 0 Å². The summed E-state index contributed by atoms with van der Waals surface area (Å²) in [4.78, 5) is 0. The molecule has 0 amide bonds. The lowest BCUT2D eigenvalue weighted by Crippen LogP contribution is -2.10. The van der Waals surface area contributed by atoms with Crippen molar-refractivity contribution in [2.45, 2.75) is 39.7 Å². The Morgan fingerprint density at radius 1 is 1.40 bits per heavy atom. The van der Waals surface area contributed by atoms with Crippen LogP contribution in [0.4, 0.5) is 0 Å². The van der Waals surface area contributed by atoms with Gasteiger partial charge in [-0.25, -0.2) is 0 Å². The number of aryl methyl sites for hydroxylation is 1. The van der Waals surface area contributed by atoms with Gasteiger partial charge in [-0.3, -0.25) is 0 Å². The van der Waals surface area contributed by atoms with Crippen molar-refractivity contribution in [3.05, 3.63) is 34.3 Å². The van der Waals surface area contributed by atoms with Gasteiger partial charge in [-0.1, -0.05) is 37.9 Å². The summed E-state index contributed by atoms with van der Waals surface area (Å²) in [6, 6.07) is 5.69. The van der Waals surface area contributed by atoms with Gasteiger partial charge in [0.25, 0.3) is 0 Å². The van der Waals surface area contributed by atoms with Crippen molar-refractivity contribution < 1.29 is 5.11 Å². The van der Waals surface area contributed by atoms with E-state index in [1.165, 1.54) is 0 Å². The quantitative estimate of drug-likeness (QED) is 0.819. The van der Waals surface area contributed by atoms with Crippen LogP contribution in [0.3, 0.4) is 0 Å². The molecule has 1 aromatic carbocycles. The van der Waals surface area contributed by atoms with Gasteiger partial charge in [0.1, 0.15) is 0 Å². The molecule has 0 saturated carbocycles. The van der Waals surface area contributed by atoms with Crippen molar-refractivity contribution in [2.75, 3.05) is 0 Å². The Balaban J connectivity index is 2.89. The topological polar surface area (TPSA) is 20.2 Å². The Kier molecular flexibility index (Phi) is 4.62. The van der Waals surface area contributed by atoms with Crippen molar-refractivity contribution in [3.63, 3.8) is 0 Å². The van der Waals surface area contributed by atoms with Crippen LogP contribution < -0.4 is 0 Å². The molecule has 0 aliphatic heterocycles. The maximum Gasteiger partial charge on any atom is 0.0818 e. The number of rotatable bonds is 4. The van der Waals surface area contributed by atoms with E-state index in [4.69, 9.17) is 11.6 Å². The second-order valence-corrected chi connectivity index (χ2v) is 4.65. The van der Waals surface area contributed by atoms with E-state index in [1.807, 2.05) is 25.1 Å². The fourth-order valence-corrected chi connectivity index (χ4v) is 2.03. The summed E-state index contributed by atoms with van der Waals surface area (Å²) in [6.45, 7) is 6.22. The van der Waals surface area contributed by atoms with Crippen molar-refractivity contribution in [1.82, 2.24) is 0 Å². The third kappa shape index (κ3) is 3.22. The highest BCUT2D eigenvalue weighted by atomic mass is 35.5. The van der Waals surface area contributed by atoms with Crippen molar-refractivity contribution >= 4 is 11.6 Å². The number of benzene rings is 1. The lowest BCUT2D eigenvalue weighted by atomic mass is 9.91. The second-order valence-electron chi connectivity index (χ2n) is 4.21. The average molecular weight is 227 g/mol. The van der Waals surface area contributed by atoms with Gasteiger partial charge in [0.05, 0.1) is 6.10 Å². The number of hydrogen-bond donors (Lipinski definition) is 1. The summed E-state index contributed by atoms with van der Waals surface area (Å²) in [5.74, 6) is 0.284. The standard InChI is InChI=1S/C13H19ClO/c1-4-5-10(3)13(15)12-8-11(14)7-6-9(12)2/h6-8,10,13,15H,4-5H2,1-3H3. The highest BCUT2D eigenvalue weighted by Gasteiger charge is 2.17. The monoisotopic (exact) mass is 226 g/mol. The van der Waals surface area contributed by atoms with E-state index in [1.54, 1.807) is 0 Å². The SMILES string of the molecule is CCCC(C)C(O)c1cc(Cl)ccc1C. The van der Waals surface area contributed by atoms with E-state index in [9.17, 15) is 5.11 Å². The zero-order valence-corrected chi connectivity index (χ0v) is 10.4. The van der Waals surface area contributed by atoms with E-state index >= 15 is 0 Å². The van der Waals surface area contributed by atoms with Gasteiger partial charge in [-0.2, -0.15) is 0 Å². The normalized spacial score (nSPS) is 15.0. The van der Waals surface area contributed by atoms with Gasteiger partial charge < -0.3 is 5.11 Å². The summed E-state index contributed by atoms with van der Waals surface area (Å²) < 4.78 is 0. The predicted octanol–water partition coefficient (Wildman–Crippen LogP) is 4.12. The van der Waals surface area contributed by atoms with Crippen LogP contribution in [0.5, 0.6) is 0 Å². The first-order valence-corrected chi connectivity index (χ1v) is 5.88. The van der Waals surface area contributed by atoms with Crippen LogP contribution in [0.15, 0.2) is 18.2 Å². The highest BCUT2D eigenvalue weighted by Crippen LogP contribution is 2.29. The molecule has 0 aromatic heterocycles. The number of aliphatic hydroxyl groups excluding tert-OH is 1. The van der Waals surface area contributed by atoms with Gasteiger partial charge >= 0.3 is 0 Å². The molecule has 0 heterocycles.